The fraction of sp³-hybridized carbons (Fsp3) is 0.321. The fourth-order valence-corrected chi connectivity index (χ4v) is 4.35. The summed E-state index contributed by atoms with van der Waals surface area (Å²) < 4.78 is 37.9. The molecule has 0 spiro atoms. The molecule has 0 saturated heterocycles. The molecule has 1 N–H and O–H groups in total. The third-order valence-corrected chi connectivity index (χ3v) is 6.16. The lowest BCUT2D eigenvalue weighted by atomic mass is 9.98. The van der Waals surface area contributed by atoms with Crippen LogP contribution in [-0.2, 0) is 11.3 Å². The molecule has 1 aliphatic heterocycles. The van der Waals surface area contributed by atoms with Crippen LogP contribution in [-0.4, -0.2) is 38.8 Å². The number of halogens is 2. The van der Waals surface area contributed by atoms with E-state index in [4.69, 9.17) is 9.84 Å². The SMILES string of the molecule is Cc1ccccc1-n1nc(-c2c(-c3ccc(F)cc3F)nn3c2NC[C@H](OCC(C)(C)C)C3)ccc1=O. The smallest absolute Gasteiger partial charge is 0.271 e. The van der Waals surface area contributed by atoms with Crippen molar-refractivity contribution in [3.63, 3.8) is 0 Å². The van der Waals surface area contributed by atoms with Crippen LogP contribution in [0, 0.1) is 24.0 Å². The van der Waals surface area contributed by atoms with Gasteiger partial charge in [-0.15, -0.1) is 0 Å². The highest BCUT2D eigenvalue weighted by molar-refractivity contribution is 5.87. The van der Waals surface area contributed by atoms with Gasteiger partial charge < -0.3 is 10.1 Å². The molecular formula is C28H29F2N5O2. The number of aromatic nitrogens is 4. The van der Waals surface area contributed by atoms with E-state index in [1.807, 2.05) is 31.2 Å². The number of hydrogen-bond donors (Lipinski definition) is 1. The van der Waals surface area contributed by atoms with Gasteiger partial charge in [-0.05, 0) is 42.2 Å². The summed E-state index contributed by atoms with van der Waals surface area (Å²) in [6.45, 7) is 9.76. The van der Waals surface area contributed by atoms with Gasteiger partial charge in [0.1, 0.15) is 23.1 Å². The summed E-state index contributed by atoms with van der Waals surface area (Å²) in [7, 11) is 0. The average molecular weight is 506 g/mol. The van der Waals surface area contributed by atoms with E-state index in [0.717, 1.165) is 11.6 Å². The van der Waals surface area contributed by atoms with Gasteiger partial charge in [0.15, 0.2) is 0 Å². The Labute approximate surface area is 213 Å². The van der Waals surface area contributed by atoms with Crippen molar-refractivity contribution in [2.45, 2.75) is 40.3 Å². The molecule has 0 amide bonds. The number of fused-ring (bicyclic) bond motifs is 1. The monoisotopic (exact) mass is 505 g/mol. The number of aryl methyl sites for hydroxylation is 1. The lowest BCUT2D eigenvalue weighted by molar-refractivity contribution is 0.00260. The number of benzene rings is 2. The molecule has 0 saturated carbocycles. The maximum atomic E-state index is 15.0. The molecule has 0 aliphatic carbocycles. The zero-order valence-electron chi connectivity index (χ0n) is 21.3. The first-order valence-electron chi connectivity index (χ1n) is 12.2. The summed E-state index contributed by atoms with van der Waals surface area (Å²) in [6, 6.07) is 13.9. The Morgan fingerprint density at radius 1 is 1.08 bits per heavy atom. The molecule has 7 nitrogen and oxygen atoms in total. The number of para-hydroxylation sites is 1. The van der Waals surface area contributed by atoms with Crippen LogP contribution >= 0.6 is 0 Å². The van der Waals surface area contributed by atoms with Crippen molar-refractivity contribution in [3.8, 4) is 28.2 Å². The van der Waals surface area contributed by atoms with Crippen molar-refractivity contribution in [2.24, 2.45) is 5.41 Å². The zero-order valence-corrected chi connectivity index (χ0v) is 21.3. The summed E-state index contributed by atoms with van der Waals surface area (Å²) in [5.41, 5.74) is 2.65. The molecule has 0 bridgehead atoms. The first-order chi connectivity index (χ1) is 17.6. The van der Waals surface area contributed by atoms with Gasteiger partial charge in [-0.25, -0.2) is 13.5 Å². The minimum absolute atomic E-state index is 0.00510. The van der Waals surface area contributed by atoms with Gasteiger partial charge in [0.05, 0.1) is 36.2 Å². The summed E-state index contributed by atoms with van der Waals surface area (Å²) in [5, 5.41) is 12.7. The zero-order chi connectivity index (χ0) is 26.3. The lowest BCUT2D eigenvalue weighted by Crippen LogP contribution is -2.36. The molecule has 192 valence electrons. The van der Waals surface area contributed by atoms with E-state index in [1.165, 1.54) is 22.9 Å². The molecule has 2 aromatic heterocycles. The summed E-state index contributed by atoms with van der Waals surface area (Å²) in [6.07, 6.45) is -0.140. The highest BCUT2D eigenvalue weighted by Crippen LogP contribution is 2.39. The summed E-state index contributed by atoms with van der Waals surface area (Å²) in [4.78, 5) is 12.8. The Kier molecular flexibility index (Phi) is 6.41. The van der Waals surface area contributed by atoms with Crippen LogP contribution in [0.25, 0.3) is 28.2 Å². The van der Waals surface area contributed by atoms with Crippen LogP contribution in [0.15, 0.2) is 59.4 Å². The van der Waals surface area contributed by atoms with E-state index >= 15 is 0 Å². The predicted octanol–water partition coefficient (Wildman–Crippen LogP) is 5.21. The number of nitrogens with zero attached hydrogens (tertiary/aromatic N) is 4. The first-order valence-corrected chi connectivity index (χ1v) is 12.2. The van der Waals surface area contributed by atoms with Crippen LogP contribution in [0.3, 0.4) is 0 Å². The minimum Gasteiger partial charge on any atom is -0.374 e. The van der Waals surface area contributed by atoms with E-state index in [2.05, 4.69) is 31.2 Å². The van der Waals surface area contributed by atoms with Crippen LogP contribution in [0.4, 0.5) is 14.6 Å². The first kappa shape index (κ1) is 24.8. The normalized spacial score (nSPS) is 15.4. The van der Waals surface area contributed by atoms with Crippen molar-refractivity contribution < 1.29 is 13.5 Å². The van der Waals surface area contributed by atoms with Crippen molar-refractivity contribution in [1.82, 2.24) is 19.6 Å². The topological polar surface area (TPSA) is 74.0 Å². The molecule has 0 unspecified atom stereocenters. The predicted molar refractivity (Wildman–Crippen MR) is 139 cm³/mol. The van der Waals surface area contributed by atoms with E-state index in [1.54, 1.807) is 10.7 Å². The van der Waals surface area contributed by atoms with E-state index in [9.17, 15) is 13.6 Å². The van der Waals surface area contributed by atoms with Gasteiger partial charge in [-0.3, -0.25) is 4.79 Å². The number of hydrogen-bond acceptors (Lipinski definition) is 5. The molecule has 0 fully saturated rings. The third kappa shape index (κ3) is 5.04. The molecular weight excluding hydrogens is 476 g/mol. The van der Waals surface area contributed by atoms with Crippen LogP contribution < -0.4 is 10.9 Å². The van der Waals surface area contributed by atoms with Crippen LogP contribution in [0.1, 0.15) is 26.3 Å². The molecule has 1 aliphatic rings. The van der Waals surface area contributed by atoms with Gasteiger partial charge in [0, 0.05) is 24.2 Å². The average Bonchev–Trinajstić information content (AvgIpc) is 3.21. The number of ether oxygens (including phenoxy) is 1. The van der Waals surface area contributed by atoms with E-state index < -0.39 is 11.6 Å². The Hall–Kier alpha value is -3.85. The molecule has 0 radical (unpaired) electrons. The minimum atomic E-state index is -0.732. The van der Waals surface area contributed by atoms with Gasteiger partial charge in [-0.2, -0.15) is 14.9 Å². The Balaban J connectivity index is 1.65. The van der Waals surface area contributed by atoms with Crippen molar-refractivity contribution in [2.75, 3.05) is 18.5 Å². The molecule has 1 atom stereocenters. The van der Waals surface area contributed by atoms with Crippen LogP contribution in [0.2, 0.25) is 0 Å². The second-order valence-corrected chi connectivity index (χ2v) is 10.5. The molecule has 2 aromatic carbocycles. The van der Waals surface area contributed by atoms with Crippen molar-refractivity contribution >= 4 is 5.82 Å². The number of anilines is 1. The summed E-state index contributed by atoms with van der Waals surface area (Å²) in [5.74, 6) is -0.770. The Bertz CT molecular complexity index is 1520. The molecule has 3 heterocycles. The van der Waals surface area contributed by atoms with Gasteiger partial charge >= 0.3 is 0 Å². The van der Waals surface area contributed by atoms with Gasteiger partial charge in [0.25, 0.3) is 5.56 Å². The third-order valence-electron chi connectivity index (χ3n) is 6.16. The highest BCUT2D eigenvalue weighted by atomic mass is 19.1. The molecule has 37 heavy (non-hydrogen) atoms. The maximum Gasteiger partial charge on any atom is 0.271 e. The molecule has 5 rings (SSSR count). The standard InChI is InChI=1S/C28H29F2N5O2/c1-17-7-5-6-8-23(17)35-24(36)12-11-22(32-35)25-26(20-10-9-18(29)13-21(20)30)33-34-15-19(14-31-27(25)34)37-16-28(2,3)4/h5-13,19,31H,14-16H2,1-4H3/t19-/m0/s1. The second kappa shape index (κ2) is 9.55. The van der Waals surface area contributed by atoms with Gasteiger partial charge in [0.2, 0.25) is 0 Å². The number of nitrogens with one attached hydrogen (secondary N) is 1. The van der Waals surface area contributed by atoms with Crippen molar-refractivity contribution in [1.29, 1.82) is 0 Å². The molecule has 9 heteroatoms. The Morgan fingerprint density at radius 2 is 1.86 bits per heavy atom. The van der Waals surface area contributed by atoms with E-state index in [0.29, 0.717) is 48.2 Å². The fourth-order valence-electron chi connectivity index (χ4n) is 4.35. The number of rotatable bonds is 5. The Morgan fingerprint density at radius 3 is 2.59 bits per heavy atom. The van der Waals surface area contributed by atoms with E-state index in [-0.39, 0.29) is 22.6 Å². The second-order valence-electron chi connectivity index (χ2n) is 10.5. The highest BCUT2D eigenvalue weighted by Gasteiger charge is 2.30. The maximum absolute atomic E-state index is 15.0. The van der Waals surface area contributed by atoms with Gasteiger partial charge in [-0.1, -0.05) is 39.0 Å². The molecule has 4 aromatic rings. The van der Waals surface area contributed by atoms with Crippen molar-refractivity contribution in [3.05, 3.63) is 82.1 Å². The largest absolute Gasteiger partial charge is 0.374 e. The lowest BCUT2D eigenvalue weighted by Gasteiger charge is -2.28. The van der Waals surface area contributed by atoms with Crippen LogP contribution in [0.5, 0.6) is 0 Å². The quantitative estimate of drug-likeness (QED) is 0.403. The summed E-state index contributed by atoms with van der Waals surface area (Å²) >= 11 is 0.